The molecule has 0 aromatic carbocycles. The lowest BCUT2D eigenvalue weighted by Gasteiger charge is -2.24. The van der Waals surface area contributed by atoms with Crippen molar-refractivity contribution in [3.05, 3.63) is 48.5 Å². The maximum Gasteiger partial charge on any atom is 0.138 e. The highest BCUT2D eigenvalue weighted by atomic mass is 16.5. The molecule has 1 atom stereocenters. The van der Waals surface area contributed by atoms with Crippen LogP contribution in [0.4, 0.5) is 0 Å². The molecule has 4 nitrogen and oxygen atoms in total. The molecule has 4 heteroatoms. The van der Waals surface area contributed by atoms with Gasteiger partial charge >= 0.3 is 0 Å². The average molecular weight is 283 g/mol. The van der Waals surface area contributed by atoms with E-state index in [1.165, 1.54) is 25.1 Å². The van der Waals surface area contributed by atoms with Gasteiger partial charge in [0, 0.05) is 37.7 Å². The van der Waals surface area contributed by atoms with Gasteiger partial charge in [0.05, 0.1) is 12.7 Å². The molecule has 2 aliphatic rings. The van der Waals surface area contributed by atoms with Crippen LogP contribution in [0.5, 0.6) is 5.75 Å². The van der Waals surface area contributed by atoms with Gasteiger partial charge in [-0.15, -0.1) is 0 Å². The van der Waals surface area contributed by atoms with Crippen LogP contribution < -0.4 is 4.74 Å². The predicted molar refractivity (Wildman–Crippen MR) is 81.1 cm³/mol. The summed E-state index contributed by atoms with van der Waals surface area (Å²) >= 11 is 0. The van der Waals surface area contributed by atoms with Crippen molar-refractivity contribution in [3.8, 4) is 5.75 Å². The van der Waals surface area contributed by atoms with E-state index >= 15 is 0 Å². The molecule has 0 radical (unpaired) electrons. The largest absolute Gasteiger partial charge is 0.486 e. The van der Waals surface area contributed by atoms with Crippen molar-refractivity contribution in [1.29, 1.82) is 0 Å². The summed E-state index contributed by atoms with van der Waals surface area (Å²) in [5.74, 6) is 1.77. The topological polar surface area (TPSA) is 30.3 Å². The quantitative estimate of drug-likeness (QED) is 0.864. The van der Waals surface area contributed by atoms with Crippen molar-refractivity contribution in [2.75, 3.05) is 13.1 Å². The molecule has 0 spiro atoms. The molecule has 1 fully saturated rings. The first kappa shape index (κ1) is 12.9. The summed E-state index contributed by atoms with van der Waals surface area (Å²) < 4.78 is 8.50. The van der Waals surface area contributed by atoms with E-state index in [1.54, 1.807) is 12.4 Å². The van der Waals surface area contributed by atoms with Crippen molar-refractivity contribution in [3.63, 3.8) is 0 Å². The van der Waals surface area contributed by atoms with Crippen molar-refractivity contribution >= 4 is 0 Å². The van der Waals surface area contributed by atoms with Crippen LogP contribution >= 0.6 is 0 Å². The molecular formula is C17H21N3O. The zero-order valence-corrected chi connectivity index (χ0v) is 12.2. The SMILES string of the molecule is c1cncc(OC2CN(CC3CC3)Cc3cccn3C2)c1. The first-order valence-electron chi connectivity index (χ1n) is 7.80. The van der Waals surface area contributed by atoms with Crippen LogP contribution in [-0.2, 0) is 13.1 Å². The number of fused-ring (bicyclic) bond motifs is 1. The molecule has 4 rings (SSSR count). The first-order valence-corrected chi connectivity index (χ1v) is 7.80. The van der Waals surface area contributed by atoms with Crippen molar-refractivity contribution in [2.24, 2.45) is 5.92 Å². The molecule has 0 bridgehead atoms. The Kier molecular flexibility index (Phi) is 3.39. The van der Waals surface area contributed by atoms with Crippen molar-refractivity contribution < 1.29 is 4.74 Å². The van der Waals surface area contributed by atoms with Gasteiger partial charge in [-0.1, -0.05) is 0 Å². The third kappa shape index (κ3) is 3.10. The van der Waals surface area contributed by atoms with Gasteiger partial charge in [-0.2, -0.15) is 0 Å². The normalized spacial score (nSPS) is 22.6. The maximum atomic E-state index is 6.17. The average Bonchev–Trinajstić information content (AvgIpc) is 3.23. The lowest BCUT2D eigenvalue weighted by Crippen LogP contribution is -2.36. The first-order chi connectivity index (χ1) is 10.4. The minimum Gasteiger partial charge on any atom is -0.486 e. The fourth-order valence-electron chi connectivity index (χ4n) is 3.12. The number of nitrogens with zero attached hydrogens (tertiary/aromatic N) is 3. The van der Waals surface area contributed by atoms with E-state index in [9.17, 15) is 0 Å². The van der Waals surface area contributed by atoms with Gasteiger partial charge in [0.2, 0.25) is 0 Å². The predicted octanol–water partition coefficient (Wildman–Crippen LogP) is 2.56. The summed E-state index contributed by atoms with van der Waals surface area (Å²) in [5.41, 5.74) is 1.40. The van der Waals surface area contributed by atoms with Crippen LogP contribution in [0, 0.1) is 5.92 Å². The van der Waals surface area contributed by atoms with E-state index in [1.807, 2.05) is 12.1 Å². The Bertz CT molecular complexity index is 591. The van der Waals surface area contributed by atoms with Gasteiger partial charge in [0.25, 0.3) is 0 Å². The molecule has 0 N–H and O–H groups in total. The van der Waals surface area contributed by atoms with Crippen LogP contribution in [0.25, 0.3) is 0 Å². The van der Waals surface area contributed by atoms with Crippen LogP contribution in [0.15, 0.2) is 42.9 Å². The van der Waals surface area contributed by atoms with Crippen LogP contribution in [0.3, 0.4) is 0 Å². The Balaban J connectivity index is 1.52. The van der Waals surface area contributed by atoms with Gasteiger partial charge in [0.15, 0.2) is 0 Å². The highest BCUT2D eigenvalue weighted by Crippen LogP contribution is 2.31. The summed E-state index contributed by atoms with van der Waals surface area (Å²) in [6.45, 7) is 4.15. The van der Waals surface area contributed by atoms with E-state index in [-0.39, 0.29) is 6.10 Å². The third-order valence-corrected chi connectivity index (χ3v) is 4.32. The molecule has 0 saturated heterocycles. The van der Waals surface area contributed by atoms with E-state index in [4.69, 9.17) is 4.74 Å². The monoisotopic (exact) mass is 283 g/mol. The lowest BCUT2D eigenvalue weighted by atomic mass is 10.3. The molecule has 2 aromatic heterocycles. The highest BCUT2D eigenvalue weighted by Gasteiger charge is 2.28. The van der Waals surface area contributed by atoms with Crippen LogP contribution in [0.1, 0.15) is 18.5 Å². The Morgan fingerprint density at radius 1 is 1.19 bits per heavy atom. The molecule has 2 aromatic rings. The molecule has 1 aliphatic heterocycles. The maximum absolute atomic E-state index is 6.17. The summed E-state index contributed by atoms with van der Waals surface area (Å²) in [4.78, 5) is 6.69. The zero-order chi connectivity index (χ0) is 14.1. The number of aromatic nitrogens is 2. The number of hydrogen-bond acceptors (Lipinski definition) is 3. The third-order valence-electron chi connectivity index (χ3n) is 4.32. The zero-order valence-electron chi connectivity index (χ0n) is 12.2. The Labute approximate surface area is 125 Å². The molecule has 0 amide bonds. The van der Waals surface area contributed by atoms with Crippen LogP contribution in [0.2, 0.25) is 0 Å². The minimum absolute atomic E-state index is 0.182. The van der Waals surface area contributed by atoms with Gasteiger partial charge in [-0.25, -0.2) is 0 Å². The number of pyridine rings is 1. The molecule has 3 heterocycles. The molecule has 21 heavy (non-hydrogen) atoms. The van der Waals surface area contributed by atoms with E-state index in [0.29, 0.717) is 0 Å². The van der Waals surface area contributed by atoms with Gasteiger partial charge < -0.3 is 9.30 Å². The minimum atomic E-state index is 0.182. The summed E-state index contributed by atoms with van der Waals surface area (Å²) in [6, 6.07) is 8.28. The van der Waals surface area contributed by atoms with E-state index in [2.05, 4.69) is 32.8 Å². The smallest absolute Gasteiger partial charge is 0.138 e. The van der Waals surface area contributed by atoms with Gasteiger partial charge in [0.1, 0.15) is 11.9 Å². The van der Waals surface area contributed by atoms with Gasteiger partial charge in [-0.3, -0.25) is 9.88 Å². The second-order valence-corrected chi connectivity index (χ2v) is 6.22. The molecule has 110 valence electrons. The van der Waals surface area contributed by atoms with E-state index < -0.39 is 0 Å². The Morgan fingerprint density at radius 3 is 2.95 bits per heavy atom. The van der Waals surface area contributed by atoms with Crippen molar-refractivity contribution in [2.45, 2.75) is 32.0 Å². The second-order valence-electron chi connectivity index (χ2n) is 6.22. The number of rotatable bonds is 4. The number of ether oxygens (including phenoxy) is 1. The Morgan fingerprint density at radius 2 is 2.14 bits per heavy atom. The molecule has 1 saturated carbocycles. The molecule has 1 unspecified atom stereocenters. The summed E-state index contributed by atoms with van der Waals surface area (Å²) in [6.07, 6.45) is 8.71. The molecule has 1 aliphatic carbocycles. The Hall–Kier alpha value is -1.81. The summed E-state index contributed by atoms with van der Waals surface area (Å²) in [5, 5.41) is 0. The van der Waals surface area contributed by atoms with Crippen LogP contribution in [-0.4, -0.2) is 33.6 Å². The second kappa shape index (κ2) is 5.53. The van der Waals surface area contributed by atoms with Gasteiger partial charge in [-0.05, 0) is 43.0 Å². The highest BCUT2D eigenvalue weighted by molar-refractivity contribution is 5.16. The molecular weight excluding hydrogens is 262 g/mol. The summed E-state index contributed by atoms with van der Waals surface area (Å²) in [7, 11) is 0. The number of hydrogen-bond donors (Lipinski definition) is 0. The fourth-order valence-corrected chi connectivity index (χ4v) is 3.12. The van der Waals surface area contributed by atoms with E-state index in [0.717, 1.165) is 31.3 Å². The fraction of sp³-hybridized carbons (Fsp3) is 0.471. The lowest BCUT2D eigenvalue weighted by molar-refractivity contribution is 0.124. The standard InChI is InChI=1S/C17H21N3O/c1-4-16(9-18-7-1)21-17-12-19(10-14-5-6-14)11-15-3-2-8-20(15)13-17/h1-4,7-9,14,17H,5-6,10-13H2. The van der Waals surface area contributed by atoms with Crippen molar-refractivity contribution in [1.82, 2.24) is 14.5 Å².